The molecule has 0 radical (unpaired) electrons. The van der Waals surface area contributed by atoms with Gasteiger partial charge in [0.05, 0.1) is 11.4 Å². The van der Waals surface area contributed by atoms with Crippen LogP contribution in [0.5, 0.6) is 0 Å². The molecule has 1 N–H and O–H groups in total. The van der Waals surface area contributed by atoms with Crippen LogP contribution in [0.1, 0.15) is 29.9 Å². The van der Waals surface area contributed by atoms with Crippen LogP contribution in [0, 0.1) is 13.8 Å². The standard InChI is InChI=1S/C15H17ClN2/c1-10-4-9-15(12(3)17-10)18-11(2)13-5-7-14(16)8-6-13/h4-9,11,18H,1-3H3. The van der Waals surface area contributed by atoms with Crippen molar-refractivity contribution in [3.05, 3.63) is 58.4 Å². The zero-order chi connectivity index (χ0) is 13.1. The highest BCUT2D eigenvalue weighted by Crippen LogP contribution is 2.22. The topological polar surface area (TPSA) is 24.9 Å². The maximum absolute atomic E-state index is 5.89. The van der Waals surface area contributed by atoms with E-state index >= 15 is 0 Å². The quantitative estimate of drug-likeness (QED) is 0.877. The van der Waals surface area contributed by atoms with Crippen molar-refractivity contribution in [1.29, 1.82) is 0 Å². The molecule has 1 aromatic carbocycles. The van der Waals surface area contributed by atoms with Crippen LogP contribution in [0.15, 0.2) is 36.4 Å². The minimum absolute atomic E-state index is 0.227. The summed E-state index contributed by atoms with van der Waals surface area (Å²) in [5.41, 5.74) is 4.34. The molecule has 94 valence electrons. The minimum Gasteiger partial charge on any atom is -0.377 e. The lowest BCUT2D eigenvalue weighted by Crippen LogP contribution is -2.08. The molecule has 1 unspecified atom stereocenters. The highest BCUT2D eigenvalue weighted by molar-refractivity contribution is 6.30. The minimum atomic E-state index is 0.227. The van der Waals surface area contributed by atoms with Crippen molar-refractivity contribution in [2.75, 3.05) is 5.32 Å². The fourth-order valence-corrected chi connectivity index (χ4v) is 2.03. The molecular weight excluding hydrogens is 244 g/mol. The van der Waals surface area contributed by atoms with Gasteiger partial charge in [-0.3, -0.25) is 4.98 Å². The van der Waals surface area contributed by atoms with Gasteiger partial charge in [-0.15, -0.1) is 0 Å². The summed E-state index contributed by atoms with van der Waals surface area (Å²) >= 11 is 5.89. The lowest BCUT2D eigenvalue weighted by atomic mass is 10.1. The van der Waals surface area contributed by atoms with E-state index in [2.05, 4.69) is 23.3 Å². The molecule has 0 saturated carbocycles. The lowest BCUT2D eigenvalue weighted by molar-refractivity contribution is 0.878. The summed E-state index contributed by atoms with van der Waals surface area (Å²) in [6.45, 7) is 6.14. The average molecular weight is 261 g/mol. The molecule has 2 nitrogen and oxygen atoms in total. The third-order valence-electron chi connectivity index (χ3n) is 2.97. The van der Waals surface area contributed by atoms with Crippen LogP contribution >= 0.6 is 11.6 Å². The molecule has 0 amide bonds. The van der Waals surface area contributed by atoms with Crippen molar-refractivity contribution in [3.63, 3.8) is 0 Å². The molecule has 0 saturated heterocycles. The first-order valence-corrected chi connectivity index (χ1v) is 6.40. The van der Waals surface area contributed by atoms with Gasteiger partial charge in [0.15, 0.2) is 0 Å². The summed E-state index contributed by atoms with van der Waals surface area (Å²) in [7, 11) is 0. The van der Waals surface area contributed by atoms with Crippen LogP contribution in [0.2, 0.25) is 5.02 Å². The van der Waals surface area contributed by atoms with Crippen molar-refractivity contribution in [1.82, 2.24) is 4.98 Å². The monoisotopic (exact) mass is 260 g/mol. The Morgan fingerprint density at radius 2 is 1.72 bits per heavy atom. The van der Waals surface area contributed by atoms with Gasteiger partial charge in [0, 0.05) is 16.8 Å². The third-order valence-corrected chi connectivity index (χ3v) is 3.22. The fourth-order valence-electron chi connectivity index (χ4n) is 1.91. The second kappa shape index (κ2) is 5.40. The van der Waals surface area contributed by atoms with Gasteiger partial charge in [-0.25, -0.2) is 0 Å². The Morgan fingerprint density at radius 3 is 2.33 bits per heavy atom. The molecule has 3 heteroatoms. The molecule has 1 aromatic heterocycles. The number of benzene rings is 1. The predicted octanol–water partition coefficient (Wildman–Crippen LogP) is 4.52. The van der Waals surface area contributed by atoms with E-state index in [-0.39, 0.29) is 6.04 Å². The van der Waals surface area contributed by atoms with E-state index < -0.39 is 0 Å². The number of aromatic nitrogens is 1. The van der Waals surface area contributed by atoms with E-state index in [0.717, 1.165) is 22.1 Å². The zero-order valence-electron chi connectivity index (χ0n) is 10.9. The molecule has 0 aliphatic heterocycles. The normalized spacial score (nSPS) is 12.2. The second-order valence-electron chi connectivity index (χ2n) is 4.50. The lowest BCUT2D eigenvalue weighted by Gasteiger charge is -2.17. The summed E-state index contributed by atoms with van der Waals surface area (Å²) in [6.07, 6.45) is 0. The fraction of sp³-hybridized carbons (Fsp3) is 0.267. The highest BCUT2D eigenvalue weighted by Gasteiger charge is 2.07. The number of aryl methyl sites for hydroxylation is 2. The maximum atomic E-state index is 5.89. The van der Waals surface area contributed by atoms with E-state index in [0.29, 0.717) is 0 Å². The Bertz CT molecular complexity index is 535. The summed E-state index contributed by atoms with van der Waals surface area (Å²) in [4.78, 5) is 4.45. The molecule has 0 aliphatic rings. The second-order valence-corrected chi connectivity index (χ2v) is 4.94. The first-order valence-electron chi connectivity index (χ1n) is 6.02. The van der Waals surface area contributed by atoms with Crippen molar-refractivity contribution < 1.29 is 0 Å². The predicted molar refractivity (Wildman–Crippen MR) is 77.2 cm³/mol. The van der Waals surface area contributed by atoms with Crippen molar-refractivity contribution >= 4 is 17.3 Å². The number of hydrogen-bond acceptors (Lipinski definition) is 2. The highest BCUT2D eigenvalue weighted by atomic mass is 35.5. The number of halogens is 1. The number of nitrogens with one attached hydrogen (secondary N) is 1. The van der Waals surface area contributed by atoms with Gasteiger partial charge in [0.1, 0.15) is 0 Å². The number of nitrogens with zero attached hydrogens (tertiary/aromatic N) is 1. The molecule has 1 heterocycles. The SMILES string of the molecule is Cc1ccc(NC(C)c2ccc(Cl)cc2)c(C)n1. The molecule has 0 bridgehead atoms. The maximum Gasteiger partial charge on any atom is 0.0607 e. The van der Waals surface area contributed by atoms with E-state index in [1.165, 1.54) is 5.56 Å². The first kappa shape index (κ1) is 12.9. The third kappa shape index (κ3) is 3.02. The van der Waals surface area contributed by atoms with Gasteiger partial charge < -0.3 is 5.32 Å². The van der Waals surface area contributed by atoms with E-state index in [1.807, 2.05) is 44.2 Å². The van der Waals surface area contributed by atoms with Gasteiger partial charge in [0.25, 0.3) is 0 Å². The van der Waals surface area contributed by atoms with Gasteiger partial charge in [-0.2, -0.15) is 0 Å². The molecule has 1 atom stereocenters. The Labute approximate surface area is 113 Å². The number of anilines is 1. The summed E-state index contributed by atoms with van der Waals surface area (Å²) in [5, 5.41) is 4.23. The van der Waals surface area contributed by atoms with Gasteiger partial charge in [-0.1, -0.05) is 23.7 Å². The van der Waals surface area contributed by atoms with Crippen LogP contribution in [0.3, 0.4) is 0 Å². The molecule has 0 spiro atoms. The summed E-state index contributed by atoms with van der Waals surface area (Å²) in [6, 6.07) is 12.2. The Kier molecular flexibility index (Phi) is 3.87. The van der Waals surface area contributed by atoms with E-state index in [9.17, 15) is 0 Å². The molecule has 0 fully saturated rings. The van der Waals surface area contributed by atoms with E-state index in [4.69, 9.17) is 11.6 Å². The van der Waals surface area contributed by atoms with Gasteiger partial charge in [0.2, 0.25) is 0 Å². The van der Waals surface area contributed by atoms with Crippen LogP contribution in [0.4, 0.5) is 5.69 Å². The van der Waals surface area contributed by atoms with E-state index in [1.54, 1.807) is 0 Å². The number of pyridine rings is 1. The van der Waals surface area contributed by atoms with Gasteiger partial charge >= 0.3 is 0 Å². The average Bonchev–Trinajstić information content (AvgIpc) is 2.33. The van der Waals surface area contributed by atoms with Crippen molar-refractivity contribution in [2.24, 2.45) is 0 Å². The largest absolute Gasteiger partial charge is 0.377 e. The van der Waals surface area contributed by atoms with Crippen molar-refractivity contribution in [2.45, 2.75) is 26.8 Å². The molecule has 18 heavy (non-hydrogen) atoms. The van der Waals surface area contributed by atoms with Crippen LogP contribution in [0.25, 0.3) is 0 Å². The molecular formula is C15H17ClN2. The summed E-state index contributed by atoms with van der Waals surface area (Å²) < 4.78 is 0. The van der Waals surface area contributed by atoms with Crippen molar-refractivity contribution in [3.8, 4) is 0 Å². The summed E-state index contributed by atoms with van der Waals surface area (Å²) in [5.74, 6) is 0. The van der Waals surface area contributed by atoms with Crippen LogP contribution in [-0.4, -0.2) is 4.98 Å². The van der Waals surface area contributed by atoms with Crippen LogP contribution < -0.4 is 5.32 Å². The number of rotatable bonds is 3. The molecule has 2 aromatic rings. The first-order chi connectivity index (χ1) is 8.56. The smallest absolute Gasteiger partial charge is 0.0607 e. The molecule has 0 aliphatic carbocycles. The van der Waals surface area contributed by atoms with Gasteiger partial charge in [-0.05, 0) is 50.6 Å². The Balaban J connectivity index is 2.15. The van der Waals surface area contributed by atoms with Crippen LogP contribution in [-0.2, 0) is 0 Å². The number of hydrogen-bond donors (Lipinski definition) is 1. The Hall–Kier alpha value is -1.54. The Morgan fingerprint density at radius 1 is 1.06 bits per heavy atom. The zero-order valence-corrected chi connectivity index (χ0v) is 11.6. The molecule has 2 rings (SSSR count).